The number of halogens is 1. The van der Waals surface area contributed by atoms with Crippen molar-refractivity contribution in [3.8, 4) is 0 Å². The Balaban J connectivity index is 1.63. The fourth-order valence-electron chi connectivity index (χ4n) is 3.17. The largest absolute Gasteiger partial charge is 0.399 e. The van der Waals surface area contributed by atoms with Gasteiger partial charge in [0.1, 0.15) is 18.9 Å². The summed E-state index contributed by atoms with van der Waals surface area (Å²) in [5, 5.41) is 16.0. The van der Waals surface area contributed by atoms with Crippen LogP contribution in [0.3, 0.4) is 0 Å². The number of aliphatic hydroxyl groups is 1. The van der Waals surface area contributed by atoms with Gasteiger partial charge in [0.15, 0.2) is 0 Å². The number of aliphatic hydroxyl groups excluding tert-OH is 1. The molecular weight excluding hydrogens is 311 g/mol. The SMILES string of the molecule is NC1=CC[C@@H]2N[C@H](C3=CNC(N)C(OCC(O)CF)C3)C=CC2=C1. The number of rotatable bonds is 5. The van der Waals surface area contributed by atoms with E-state index >= 15 is 0 Å². The Kier molecular flexibility index (Phi) is 5.35. The summed E-state index contributed by atoms with van der Waals surface area (Å²) in [5.41, 5.74) is 14.9. The molecule has 0 fully saturated rings. The van der Waals surface area contributed by atoms with Gasteiger partial charge < -0.3 is 26.6 Å². The van der Waals surface area contributed by atoms with Crippen LogP contribution in [0.25, 0.3) is 0 Å². The van der Waals surface area contributed by atoms with Crippen molar-refractivity contribution in [3.05, 3.63) is 47.3 Å². The molecule has 132 valence electrons. The molecule has 0 bridgehead atoms. The first-order valence-corrected chi connectivity index (χ1v) is 8.24. The molecule has 0 aromatic heterocycles. The lowest BCUT2D eigenvalue weighted by Crippen LogP contribution is -2.52. The number of nitrogens with one attached hydrogen (secondary N) is 2. The Labute approximate surface area is 141 Å². The summed E-state index contributed by atoms with van der Waals surface area (Å²) in [7, 11) is 0. The van der Waals surface area contributed by atoms with Gasteiger partial charge in [-0.25, -0.2) is 4.39 Å². The molecule has 7 heteroatoms. The molecule has 3 rings (SSSR count). The van der Waals surface area contributed by atoms with Gasteiger partial charge >= 0.3 is 0 Å². The lowest BCUT2D eigenvalue weighted by atomic mass is 9.88. The third kappa shape index (κ3) is 3.87. The predicted octanol–water partition coefficient (Wildman–Crippen LogP) is -0.0667. The first-order valence-electron chi connectivity index (χ1n) is 8.24. The third-order valence-corrected chi connectivity index (χ3v) is 4.57. The average Bonchev–Trinajstić information content (AvgIpc) is 2.60. The number of nitrogens with two attached hydrogens (primary N) is 2. The van der Waals surface area contributed by atoms with Crippen molar-refractivity contribution in [1.82, 2.24) is 10.6 Å². The van der Waals surface area contributed by atoms with Crippen LogP contribution >= 0.6 is 0 Å². The number of hydrogen-bond acceptors (Lipinski definition) is 6. The van der Waals surface area contributed by atoms with Gasteiger partial charge in [0.05, 0.1) is 12.7 Å². The van der Waals surface area contributed by atoms with E-state index < -0.39 is 12.8 Å². The number of fused-ring (bicyclic) bond motifs is 1. The molecule has 0 radical (unpaired) electrons. The number of alkyl halides is 1. The molecule has 0 saturated carbocycles. The van der Waals surface area contributed by atoms with Gasteiger partial charge in [-0.2, -0.15) is 0 Å². The van der Waals surface area contributed by atoms with Gasteiger partial charge in [0.2, 0.25) is 0 Å². The molecule has 24 heavy (non-hydrogen) atoms. The molecule has 7 N–H and O–H groups in total. The van der Waals surface area contributed by atoms with Crippen molar-refractivity contribution < 1.29 is 14.2 Å². The quantitative estimate of drug-likeness (QED) is 0.481. The van der Waals surface area contributed by atoms with Crippen LogP contribution in [-0.4, -0.2) is 48.8 Å². The third-order valence-electron chi connectivity index (χ3n) is 4.57. The highest BCUT2D eigenvalue weighted by Crippen LogP contribution is 2.26. The van der Waals surface area contributed by atoms with Crippen LogP contribution in [0.1, 0.15) is 12.8 Å². The lowest BCUT2D eigenvalue weighted by Gasteiger charge is -2.36. The topological polar surface area (TPSA) is 106 Å². The molecule has 0 aromatic rings. The summed E-state index contributed by atoms with van der Waals surface area (Å²) in [6.07, 6.45) is 9.82. The molecule has 3 unspecified atom stereocenters. The molecular formula is C17H25FN4O2. The van der Waals surface area contributed by atoms with Crippen LogP contribution in [0.4, 0.5) is 4.39 Å². The Morgan fingerprint density at radius 1 is 1.46 bits per heavy atom. The number of ether oxygens (including phenoxy) is 1. The minimum Gasteiger partial charge on any atom is -0.399 e. The van der Waals surface area contributed by atoms with E-state index in [4.69, 9.17) is 16.2 Å². The number of allylic oxidation sites excluding steroid dienone is 1. The highest BCUT2D eigenvalue weighted by atomic mass is 19.1. The van der Waals surface area contributed by atoms with Crippen molar-refractivity contribution in [1.29, 1.82) is 0 Å². The second kappa shape index (κ2) is 7.48. The zero-order chi connectivity index (χ0) is 17.1. The molecule has 3 aliphatic rings. The fourth-order valence-corrected chi connectivity index (χ4v) is 3.17. The summed E-state index contributed by atoms with van der Waals surface area (Å²) in [4.78, 5) is 0. The molecule has 2 aliphatic heterocycles. The van der Waals surface area contributed by atoms with Gasteiger partial charge in [-0.1, -0.05) is 18.2 Å². The molecule has 2 heterocycles. The predicted molar refractivity (Wildman–Crippen MR) is 90.4 cm³/mol. The van der Waals surface area contributed by atoms with E-state index in [1.807, 2.05) is 18.4 Å². The van der Waals surface area contributed by atoms with Gasteiger partial charge in [0.25, 0.3) is 0 Å². The first kappa shape index (κ1) is 17.2. The van der Waals surface area contributed by atoms with E-state index in [1.54, 1.807) is 0 Å². The van der Waals surface area contributed by atoms with Crippen molar-refractivity contribution in [2.45, 2.75) is 43.3 Å². The summed E-state index contributed by atoms with van der Waals surface area (Å²) in [6.45, 7) is -0.879. The summed E-state index contributed by atoms with van der Waals surface area (Å²) in [6, 6.07) is 0.327. The minimum atomic E-state index is -1.11. The maximum Gasteiger partial charge on any atom is 0.118 e. The van der Waals surface area contributed by atoms with Gasteiger partial charge in [-0.3, -0.25) is 5.32 Å². The standard InChI is InChI=1S/C17H25FN4O2/c18-7-13(23)9-24-16-6-11(8-21-17(16)20)15-3-1-10-5-12(19)2-4-14(10)22-15/h1-3,5,8,13-17,21-23H,4,6-7,9,19-20H2/t13?,14-,15-,16?,17?/m0/s1. The maximum atomic E-state index is 12.4. The van der Waals surface area contributed by atoms with E-state index in [9.17, 15) is 9.50 Å². The zero-order valence-electron chi connectivity index (χ0n) is 13.5. The first-order chi connectivity index (χ1) is 11.6. The van der Waals surface area contributed by atoms with E-state index in [0.29, 0.717) is 6.42 Å². The molecule has 6 nitrogen and oxygen atoms in total. The average molecular weight is 336 g/mol. The molecule has 0 aromatic carbocycles. The zero-order valence-corrected chi connectivity index (χ0v) is 13.5. The highest BCUT2D eigenvalue weighted by molar-refractivity contribution is 5.41. The minimum absolute atomic E-state index is 0.0582. The van der Waals surface area contributed by atoms with Crippen LogP contribution in [-0.2, 0) is 4.74 Å². The summed E-state index contributed by atoms with van der Waals surface area (Å²) < 4.78 is 17.9. The Hall–Kier alpha value is -1.67. The molecule has 0 saturated heterocycles. The Morgan fingerprint density at radius 2 is 2.29 bits per heavy atom. The van der Waals surface area contributed by atoms with Crippen LogP contribution in [0.15, 0.2) is 47.3 Å². The maximum absolute atomic E-state index is 12.4. The molecule has 1 aliphatic carbocycles. The second-order valence-corrected chi connectivity index (χ2v) is 6.44. The summed E-state index contributed by atoms with van der Waals surface area (Å²) >= 11 is 0. The smallest absolute Gasteiger partial charge is 0.118 e. The van der Waals surface area contributed by atoms with Crippen LogP contribution in [0.2, 0.25) is 0 Å². The van der Waals surface area contributed by atoms with Gasteiger partial charge in [-0.15, -0.1) is 0 Å². The van der Waals surface area contributed by atoms with E-state index in [2.05, 4.69) is 22.8 Å². The summed E-state index contributed by atoms with van der Waals surface area (Å²) in [5.74, 6) is 0. The number of hydrogen-bond donors (Lipinski definition) is 5. The van der Waals surface area contributed by atoms with Gasteiger partial charge in [-0.05, 0) is 29.8 Å². The van der Waals surface area contributed by atoms with Crippen LogP contribution < -0.4 is 22.1 Å². The van der Waals surface area contributed by atoms with Crippen molar-refractivity contribution in [2.75, 3.05) is 13.3 Å². The highest BCUT2D eigenvalue weighted by Gasteiger charge is 2.30. The van der Waals surface area contributed by atoms with Crippen molar-refractivity contribution in [3.63, 3.8) is 0 Å². The van der Waals surface area contributed by atoms with Crippen LogP contribution in [0.5, 0.6) is 0 Å². The Morgan fingerprint density at radius 3 is 3.08 bits per heavy atom. The van der Waals surface area contributed by atoms with E-state index in [-0.39, 0.29) is 31.0 Å². The molecule has 0 amide bonds. The lowest BCUT2D eigenvalue weighted by molar-refractivity contribution is -0.0315. The second-order valence-electron chi connectivity index (χ2n) is 6.44. The molecule has 5 atom stereocenters. The monoisotopic (exact) mass is 336 g/mol. The molecule has 0 spiro atoms. The van der Waals surface area contributed by atoms with Crippen LogP contribution in [0, 0.1) is 0 Å². The van der Waals surface area contributed by atoms with Crippen molar-refractivity contribution in [2.24, 2.45) is 11.5 Å². The fraction of sp³-hybridized carbons (Fsp3) is 0.529. The Bertz CT molecular complexity index is 587. The van der Waals surface area contributed by atoms with E-state index in [0.717, 1.165) is 17.7 Å². The normalized spacial score (nSPS) is 33.7. The van der Waals surface area contributed by atoms with Crippen molar-refractivity contribution >= 4 is 0 Å². The van der Waals surface area contributed by atoms with E-state index in [1.165, 1.54) is 5.57 Å². The van der Waals surface area contributed by atoms with Gasteiger partial charge in [0, 0.05) is 24.2 Å².